The van der Waals surface area contributed by atoms with Gasteiger partial charge in [-0.25, -0.2) is 4.39 Å². The zero-order valence-corrected chi connectivity index (χ0v) is 10.9. The molecule has 0 aliphatic rings. The van der Waals surface area contributed by atoms with E-state index in [9.17, 15) is 9.18 Å². The van der Waals surface area contributed by atoms with Crippen LogP contribution in [0.4, 0.5) is 10.1 Å². The predicted molar refractivity (Wildman–Crippen MR) is 73.5 cm³/mol. The Morgan fingerprint density at radius 3 is 2.50 bits per heavy atom. The number of ether oxygens (including phenoxy) is 2. The van der Waals surface area contributed by atoms with Gasteiger partial charge in [-0.05, 0) is 36.4 Å². The van der Waals surface area contributed by atoms with Gasteiger partial charge >= 0.3 is 0 Å². The van der Waals surface area contributed by atoms with Gasteiger partial charge in [-0.3, -0.25) is 4.79 Å². The fraction of sp³-hybridized carbons (Fsp3) is 0.133. The third-order valence-corrected chi connectivity index (χ3v) is 2.57. The molecule has 0 spiro atoms. The maximum absolute atomic E-state index is 13.3. The average Bonchev–Trinajstić information content (AvgIpc) is 2.47. The molecule has 0 aliphatic heterocycles. The van der Waals surface area contributed by atoms with Crippen LogP contribution < -0.4 is 14.8 Å². The second kappa shape index (κ2) is 6.56. The van der Waals surface area contributed by atoms with Crippen molar-refractivity contribution >= 4 is 11.6 Å². The minimum atomic E-state index is -0.496. The van der Waals surface area contributed by atoms with Crippen molar-refractivity contribution in [1.82, 2.24) is 0 Å². The van der Waals surface area contributed by atoms with Crippen LogP contribution in [0.5, 0.6) is 11.5 Å². The highest BCUT2D eigenvalue weighted by atomic mass is 19.1. The summed E-state index contributed by atoms with van der Waals surface area (Å²) in [6, 6.07) is 12.8. The minimum Gasteiger partial charge on any atom is -0.497 e. The molecule has 0 radical (unpaired) electrons. The lowest BCUT2D eigenvalue weighted by molar-refractivity contribution is -0.118. The van der Waals surface area contributed by atoms with Crippen molar-refractivity contribution in [2.45, 2.75) is 0 Å². The van der Waals surface area contributed by atoms with Crippen molar-refractivity contribution in [3.05, 3.63) is 54.3 Å². The number of halogens is 1. The van der Waals surface area contributed by atoms with Gasteiger partial charge in [0.15, 0.2) is 18.2 Å². The van der Waals surface area contributed by atoms with Gasteiger partial charge in [0.2, 0.25) is 0 Å². The molecule has 2 rings (SSSR count). The molecular formula is C15H14FNO3. The Hall–Kier alpha value is -2.56. The Morgan fingerprint density at radius 2 is 1.85 bits per heavy atom. The Kier molecular flexibility index (Phi) is 4.55. The van der Waals surface area contributed by atoms with E-state index in [0.717, 1.165) is 0 Å². The highest BCUT2D eigenvalue weighted by molar-refractivity contribution is 5.91. The largest absolute Gasteiger partial charge is 0.497 e. The number of anilines is 1. The third-order valence-electron chi connectivity index (χ3n) is 2.57. The molecule has 2 aromatic rings. The molecule has 0 saturated heterocycles. The summed E-state index contributed by atoms with van der Waals surface area (Å²) in [6.07, 6.45) is 0. The van der Waals surface area contributed by atoms with Gasteiger partial charge in [0.1, 0.15) is 5.75 Å². The third kappa shape index (κ3) is 3.71. The monoisotopic (exact) mass is 275 g/mol. The van der Waals surface area contributed by atoms with Crippen molar-refractivity contribution in [2.24, 2.45) is 0 Å². The summed E-state index contributed by atoms with van der Waals surface area (Å²) in [5, 5.41) is 2.64. The highest BCUT2D eigenvalue weighted by Gasteiger charge is 2.06. The smallest absolute Gasteiger partial charge is 0.262 e. The molecule has 1 N–H and O–H groups in total. The zero-order valence-electron chi connectivity index (χ0n) is 10.9. The van der Waals surface area contributed by atoms with Gasteiger partial charge in [0.05, 0.1) is 7.11 Å². The maximum Gasteiger partial charge on any atom is 0.262 e. The van der Waals surface area contributed by atoms with E-state index in [1.165, 1.54) is 12.1 Å². The molecule has 2 aromatic carbocycles. The van der Waals surface area contributed by atoms with Crippen LogP contribution in [0.2, 0.25) is 0 Å². The summed E-state index contributed by atoms with van der Waals surface area (Å²) >= 11 is 0. The topological polar surface area (TPSA) is 47.6 Å². The summed E-state index contributed by atoms with van der Waals surface area (Å²) in [4.78, 5) is 11.7. The van der Waals surface area contributed by atoms with Crippen molar-refractivity contribution in [3.8, 4) is 11.5 Å². The van der Waals surface area contributed by atoms with Crippen LogP contribution in [0, 0.1) is 5.82 Å². The SMILES string of the molecule is COc1ccc(NC(=O)COc2ccccc2F)cc1. The summed E-state index contributed by atoms with van der Waals surface area (Å²) in [5.41, 5.74) is 0.618. The molecule has 0 aromatic heterocycles. The Balaban J connectivity index is 1.87. The molecule has 1 amide bonds. The van der Waals surface area contributed by atoms with E-state index in [1.807, 2.05) is 0 Å². The van der Waals surface area contributed by atoms with Crippen molar-refractivity contribution in [1.29, 1.82) is 0 Å². The number of methoxy groups -OCH3 is 1. The molecule has 0 unspecified atom stereocenters. The summed E-state index contributed by atoms with van der Waals surface area (Å²) < 4.78 is 23.4. The first-order valence-corrected chi connectivity index (χ1v) is 6.00. The number of amides is 1. The summed E-state index contributed by atoms with van der Waals surface area (Å²) in [6.45, 7) is -0.257. The van der Waals surface area contributed by atoms with E-state index in [1.54, 1.807) is 43.5 Å². The number of benzene rings is 2. The standard InChI is InChI=1S/C15H14FNO3/c1-19-12-8-6-11(7-9-12)17-15(18)10-20-14-5-3-2-4-13(14)16/h2-9H,10H2,1H3,(H,17,18). The molecule has 104 valence electrons. The molecule has 0 bridgehead atoms. The van der Waals surface area contributed by atoms with Crippen molar-refractivity contribution in [2.75, 3.05) is 19.0 Å². The highest BCUT2D eigenvalue weighted by Crippen LogP contribution is 2.16. The van der Waals surface area contributed by atoms with E-state index >= 15 is 0 Å². The van der Waals surface area contributed by atoms with Crippen LogP contribution in [-0.4, -0.2) is 19.6 Å². The van der Waals surface area contributed by atoms with Crippen LogP contribution in [0.1, 0.15) is 0 Å². The fourth-order valence-corrected chi connectivity index (χ4v) is 1.58. The lowest BCUT2D eigenvalue weighted by Crippen LogP contribution is -2.20. The second-order valence-corrected chi connectivity index (χ2v) is 4.00. The van der Waals surface area contributed by atoms with E-state index < -0.39 is 5.82 Å². The van der Waals surface area contributed by atoms with Crippen LogP contribution in [0.3, 0.4) is 0 Å². The van der Waals surface area contributed by atoms with Crippen molar-refractivity contribution in [3.63, 3.8) is 0 Å². The lowest BCUT2D eigenvalue weighted by atomic mass is 10.3. The van der Waals surface area contributed by atoms with E-state index in [0.29, 0.717) is 11.4 Å². The predicted octanol–water partition coefficient (Wildman–Crippen LogP) is 2.85. The second-order valence-electron chi connectivity index (χ2n) is 4.00. The number of carbonyl (C=O) groups is 1. The van der Waals surface area contributed by atoms with Gasteiger partial charge in [-0.2, -0.15) is 0 Å². The number of hydrogen-bond acceptors (Lipinski definition) is 3. The maximum atomic E-state index is 13.3. The van der Waals surface area contributed by atoms with E-state index in [4.69, 9.17) is 9.47 Å². The molecule has 0 saturated carbocycles. The van der Waals surface area contributed by atoms with Gasteiger partial charge in [0, 0.05) is 5.69 Å². The number of hydrogen-bond donors (Lipinski definition) is 1. The molecule has 4 nitrogen and oxygen atoms in total. The van der Waals surface area contributed by atoms with Crippen LogP contribution in [0.15, 0.2) is 48.5 Å². The zero-order chi connectivity index (χ0) is 14.4. The first-order chi connectivity index (χ1) is 9.69. The quantitative estimate of drug-likeness (QED) is 0.912. The number of rotatable bonds is 5. The Bertz CT molecular complexity index is 584. The van der Waals surface area contributed by atoms with Crippen molar-refractivity contribution < 1.29 is 18.7 Å². The van der Waals surface area contributed by atoms with Gasteiger partial charge in [-0.15, -0.1) is 0 Å². The van der Waals surface area contributed by atoms with Crippen LogP contribution >= 0.6 is 0 Å². The Morgan fingerprint density at radius 1 is 1.15 bits per heavy atom. The lowest BCUT2D eigenvalue weighted by Gasteiger charge is -2.08. The average molecular weight is 275 g/mol. The first kappa shape index (κ1) is 13.9. The minimum absolute atomic E-state index is 0.0531. The molecule has 0 atom stereocenters. The first-order valence-electron chi connectivity index (χ1n) is 6.00. The van der Waals surface area contributed by atoms with Gasteiger partial charge < -0.3 is 14.8 Å². The summed E-state index contributed by atoms with van der Waals surface area (Å²) in [5.74, 6) is -0.105. The van der Waals surface area contributed by atoms with Crippen LogP contribution in [-0.2, 0) is 4.79 Å². The molecule has 5 heteroatoms. The molecule has 0 heterocycles. The van der Waals surface area contributed by atoms with Crippen LogP contribution in [0.25, 0.3) is 0 Å². The van der Waals surface area contributed by atoms with E-state index in [-0.39, 0.29) is 18.3 Å². The number of para-hydroxylation sites is 1. The Labute approximate surface area is 116 Å². The summed E-state index contributed by atoms with van der Waals surface area (Å²) in [7, 11) is 1.57. The van der Waals surface area contributed by atoms with Gasteiger partial charge in [0.25, 0.3) is 5.91 Å². The van der Waals surface area contributed by atoms with Gasteiger partial charge in [-0.1, -0.05) is 12.1 Å². The molecule has 20 heavy (non-hydrogen) atoms. The fourth-order valence-electron chi connectivity index (χ4n) is 1.58. The number of carbonyl (C=O) groups excluding carboxylic acids is 1. The number of nitrogens with one attached hydrogen (secondary N) is 1. The molecular weight excluding hydrogens is 261 g/mol. The normalized spacial score (nSPS) is 9.90. The molecule has 0 fully saturated rings. The van der Waals surface area contributed by atoms with E-state index in [2.05, 4.69) is 5.32 Å². The molecule has 0 aliphatic carbocycles.